The Balaban J connectivity index is -0.000000321. The Labute approximate surface area is 133 Å². The number of nitrogens with two attached hydrogens (primary N) is 1. The van der Waals surface area contributed by atoms with Crippen molar-refractivity contribution in [3.05, 3.63) is 0 Å². The number of aldehydes is 1. The van der Waals surface area contributed by atoms with Gasteiger partial charge in [-0.3, -0.25) is 8.42 Å². The third-order valence-electron chi connectivity index (χ3n) is 1.48. The van der Waals surface area contributed by atoms with Gasteiger partial charge in [-0.1, -0.05) is 0 Å². The van der Waals surface area contributed by atoms with Gasteiger partial charge < -0.3 is 40.1 Å². The Bertz CT molecular complexity index is 302. The minimum atomic E-state index is -5.17. The third kappa shape index (κ3) is 14.7. The van der Waals surface area contributed by atoms with E-state index in [1.807, 2.05) is 0 Å². The van der Waals surface area contributed by atoms with E-state index in [9.17, 15) is 4.79 Å². The fraction of sp³-hybridized carbons (Fsp3) is 0.833. The first-order valence-electron chi connectivity index (χ1n) is 4.07. The van der Waals surface area contributed by atoms with Crippen LogP contribution < -0.4 is 5.73 Å². The first kappa shape index (κ1) is 23.7. The molecule has 0 fully saturated rings. The summed E-state index contributed by atoms with van der Waals surface area (Å²) in [5.41, 5.74) is 5.04. The van der Waals surface area contributed by atoms with E-state index in [2.05, 4.69) is 0 Å². The first-order valence-corrected chi connectivity index (χ1v) is 5.40. The Morgan fingerprint density at radius 1 is 1.17 bits per heavy atom. The van der Waals surface area contributed by atoms with Crippen LogP contribution >= 0.6 is 0 Å². The summed E-state index contributed by atoms with van der Waals surface area (Å²) < 4.78 is 34.1. The quantitative estimate of drug-likeness (QED) is 0.141. The Hall–Kier alpha value is 0.600. The molecule has 0 rings (SSSR count). The monoisotopic (exact) mass is 315 g/mol. The minimum absolute atomic E-state index is 0. The van der Waals surface area contributed by atoms with E-state index < -0.39 is 41.4 Å². The maximum atomic E-state index is 10.0. The van der Waals surface area contributed by atoms with Crippen molar-refractivity contribution in [3.8, 4) is 0 Å². The second-order valence-corrected chi connectivity index (χ2v) is 3.67. The van der Waals surface area contributed by atoms with Gasteiger partial charge in [0, 0.05) is 10.4 Å². The van der Waals surface area contributed by atoms with Gasteiger partial charge in [0.25, 0.3) is 0 Å². The molecule has 0 saturated carbocycles. The van der Waals surface area contributed by atoms with Gasteiger partial charge in [0.2, 0.25) is 0 Å². The van der Waals surface area contributed by atoms with Crippen molar-refractivity contribution in [3.63, 3.8) is 0 Å². The SMILES string of the molecule is N[C@@H](C=O)[C@@H](O)[C@H](O)[C@H](O)CO.O=S(=O)([O-])[O-].[Ca+2]. The summed E-state index contributed by atoms with van der Waals surface area (Å²) in [7, 11) is -5.17. The average Bonchev–Trinajstić information content (AvgIpc) is 2.22. The zero-order valence-electron chi connectivity index (χ0n) is 9.12. The molecule has 0 spiro atoms. The molecule has 104 valence electrons. The van der Waals surface area contributed by atoms with Crippen molar-refractivity contribution in [2.75, 3.05) is 6.61 Å². The maximum absolute atomic E-state index is 10.0. The molecule has 6 N–H and O–H groups in total. The molecule has 0 aliphatic carbocycles. The molecule has 0 aliphatic heterocycles. The van der Waals surface area contributed by atoms with Crippen LogP contribution in [0.5, 0.6) is 0 Å². The summed E-state index contributed by atoms with van der Waals surface area (Å²) in [6.45, 7) is -0.705. The molecular formula is C6H13CaNO9S. The summed E-state index contributed by atoms with van der Waals surface area (Å²) in [4.78, 5) is 10.0. The molecule has 4 atom stereocenters. The molecule has 0 aromatic heterocycles. The van der Waals surface area contributed by atoms with E-state index in [1.54, 1.807) is 0 Å². The second-order valence-electron chi connectivity index (χ2n) is 2.85. The Morgan fingerprint density at radius 3 is 1.72 bits per heavy atom. The van der Waals surface area contributed by atoms with Crippen LogP contribution in [0.2, 0.25) is 0 Å². The van der Waals surface area contributed by atoms with E-state index in [0.29, 0.717) is 0 Å². The van der Waals surface area contributed by atoms with Crippen LogP contribution in [0.3, 0.4) is 0 Å². The molecule has 0 heterocycles. The smallest absolute Gasteiger partial charge is 0.759 e. The van der Waals surface area contributed by atoms with E-state index in [4.69, 9.17) is 43.7 Å². The van der Waals surface area contributed by atoms with Crippen LogP contribution in [-0.4, -0.2) is 113 Å². The van der Waals surface area contributed by atoms with E-state index in [-0.39, 0.29) is 44.0 Å². The van der Waals surface area contributed by atoms with E-state index >= 15 is 0 Å². The van der Waals surface area contributed by atoms with Gasteiger partial charge in [0.1, 0.15) is 24.6 Å². The van der Waals surface area contributed by atoms with Crippen molar-refractivity contribution in [2.45, 2.75) is 24.4 Å². The second kappa shape index (κ2) is 11.4. The number of aliphatic hydroxyl groups is 4. The molecule has 0 radical (unpaired) electrons. The van der Waals surface area contributed by atoms with Crippen LogP contribution in [-0.2, 0) is 15.2 Å². The molecule has 0 aliphatic rings. The Kier molecular flexibility index (Phi) is 15.0. The number of hydrogen-bond acceptors (Lipinski definition) is 10. The Morgan fingerprint density at radius 2 is 1.50 bits per heavy atom. The summed E-state index contributed by atoms with van der Waals surface area (Å²) in [6, 6.07) is -1.26. The van der Waals surface area contributed by atoms with Crippen molar-refractivity contribution in [1.29, 1.82) is 0 Å². The summed E-state index contributed by atoms with van der Waals surface area (Å²) in [5.74, 6) is 0. The van der Waals surface area contributed by atoms with Crippen molar-refractivity contribution in [2.24, 2.45) is 5.73 Å². The number of rotatable bonds is 5. The van der Waals surface area contributed by atoms with Gasteiger partial charge in [-0.05, 0) is 0 Å². The predicted molar refractivity (Wildman–Crippen MR) is 55.4 cm³/mol. The van der Waals surface area contributed by atoms with Gasteiger partial charge in [-0.25, -0.2) is 0 Å². The fourth-order valence-corrected chi connectivity index (χ4v) is 0.644. The normalized spacial score (nSPS) is 17.3. The minimum Gasteiger partial charge on any atom is -0.759 e. The van der Waals surface area contributed by atoms with Crippen molar-refractivity contribution >= 4 is 54.4 Å². The van der Waals surface area contributed by atoms with Gasteiger partial charge in [-0.15, -0.1) is 0 Å². The third-order valence-corrected chi connectivity index (χ3v) is 1.48. The predicted octanol–water partition coefficient (Wildman–Crippen LogP) is -5.13. The average molecular weight is 315 g/mol. The number of aliphatic hydroxyl groups excluding tert-OH is 4. The number of carbonyl (C=O) groups excluding carboxylic acids is 1. The molecule has 0 bridgehead atoms. The van der Waals surface area contributed by atoms with Gasteiger partial charge in [0.05, 0.1) is 12.6 Å². The standard InChI is InChI=1S/C6H13NO5.Ca.H2O4S/c7-3(1-8)5(11)6(12)4(10)2-9;;1-5(2,3)4/h1,3-6,9-12H,2,7H2;;(H2,1,2,3,4)/q;+2;/p-2/t3-,4+,5+,6+;;/m0../s1. The van der Waals surface area contributed by atoms with Crippen molar-refractivity contribution < 1.29 is 42.7 Å². The van der Waals surface area contributed by atoms with Crippen LogP contribution in [0.25, 0.3) is 0 Å². The summed E-state index contributed by atoms with van der Waals surface area (Å²) in [6.07, 6.45) is -4.43. The topological polar surface area (TPSA) is 204 Å². The van der Waals surface area contributed by atoms with Gasteiger partial charge in [0.15, 0.2) is 0 Å². The molecule has 0 aromatic carbocycles. The molecule has 12 heteroatoms. The molecule has 10 nitrogen and oxygen atoms in total. The molecule has 0 amide bonds. The van der Waals surface area contributed by atoms with Crippen LogP contribution in [0.4, 0.5) is 0 Å². The maximum Gasteiger partial charge on any atom is 2.00 e. The molecular weight excluding hydrogens is 302 g/mol. The van der Waals surface area contributed by atoms with E-state index in [0.717, 1.165) is 0 Å². The zero-order chi connectivity index (χ0) is 14.2. The van der Waals surface area contributed by atoms with Crippen LogP contribution in [0, 0.1) is 0 Å². The molecule has 0 aromatic rings. The summed E-state index contributed by atoms with van der Waals surface area (Å²) in [5, 5.41) is 35.2. The van der Waals surface area contributed by atoms with E-state index in [1.165, 1.54) is 0 Å². The summed E-state index contributed by atoms with van der Waals surface area (Å²) >= 11 is 0. The van der Waals surface area contributed by atoms with Crippen LogP contribution in [0.15, 0.2) is 0 Å². The van der Waals surface area contributed by atoms with Crippen molar-refractivity contribution in [1.82, 2.24) is 0 Å². The number of hydrogen-bond donors (Lipinski definition) is 5. The molecule has 18 heavy (non-hydrogen) atoms. The number of carbonyl (C=O) groups is 1. The largest absolute Gasteiger partial charge is 2.00 e. The zero-order valence-corrected chi connectivity index (χ0v) is 12.1. The van der Waals surface area contributed by atoms with Gasteiger partial charge in [-0.2, -0.15) is 0 Å². The van der Waals surface area contributed by atoms with Gasteiger partial charge >= 0.3 is 37.7 Å². The fourth-order valence-electron chi connectivity index (χ4n) is 0.644. The molecule has 0 unspecified atom stereocenters. The van der Waals surface area contributed by atoms with Crippen LogP contribution in [0.1, 0.15) is 0 Å². The first-order chi connectivity index (χ1) is 7.54. The molecule has 0 saturated heterocycles.